The first kappa shape index (κ1) is 21.8. The summed E-state index contributed by atoms with van der Waals surface area (Å²) in [6.45, 7) is 5.25. The third kappa shape index (κ3) is 4.43. The van der Waals surface area contributed by atoms with Gasteiger partial charge >= 0.3 is 0 Å². The zero-order valence-electron chi connectivity index (χ0n) is 18.0. The van der Waals surface area contributed by atoms with Crippen LogP contribution >= 0.6 is 0 Å². The molecule has 3 aliphatic heterocycles. The Morgan fingerprint density at radius 2 is 1.70 bits per heavy atom. The number of benzene rings is 1. The van der Waals surface area contributed by atoms with Gasteiger partial charge in [-0.1, -0.05) is 19.1 Å². The second kappa shape index (κ2) is 8.97. The molecular weight excluding hydrogens is 400 g/mol. The Balaban J connectivity index is 1.31. The maximum atomic E-state index is 13.0. The lowest BCUT2D eigenvalue weighted by Crippen LogP contribution is -2.51. The van der Waals surface area contributed by atoms with E-state index in [-0.39, 0.29) is 17.4 Å². The van der Waals surface area contributed by atoms with Gasteiger partial charge in [0.25, 0.3) is 0 Å². The molecule has 0 unspecified atom stereocenters. The largest absolute Gasteiger partial charge is 0.375 e. The van der Waals surface area contributed by atoms with E-state index in [1.165, 1.54) is 6.42 Å². The highest BCUT2D eigenvalue weighted by atomic mass is 32.2. The second-order valence-electron chi connectivity index (χ2n) is 8.99. The normalized spacial score (nSPS) is 23.6. The minimum absolute atomic E-state index is 0.000201. The van der Waals surface area contributed by atoms with Gasteiger partial charge in [0.05, 0.1) is 10.5 Å². The zero-order chi connectivity index (χ0) is 21.2. The summed E-state index contributed by atoms with van der Waals surface area (Å²) in [7, 11) is -3.49. The van der Waals surface area contributed by atoms with Crippen LogP contribution in [0.4, 0.5) is 0 Å². The lowest BCUT2D eigenvalue weighted by Gasteiger charge is -2.45. The second-order valence-corrected chi connectivity index (χ2v) is 10.9. The quantitative estimate of drug-likeness (QED) is 0.730. The van der Waals surface area contributed by atoms with Crippen LogP contribution in [0.3, 0.4) is 0 Å². The molecule has 6 nitrogen and oxygen atoms in total. The molecule has 166 valence electrons. The Kier molecular flexibility index (Phi) is 6.51. The van der Waals surface area contributed by atoms with Gasteiger partial charge in [0.2, 0.25) is 15.9 Å². The maximum Gasteiger partial charge on any atom is 0.243 e. The third-order valence-corrected chi connectivity index (χ3v) is 9.11. The molecule has 3 fully saturated rings. The molecule has 0 atom stereocenters. The molecule has 7 heteroatoms. The predicted octanol–water partition coefficient (Wildman–Crippen LogP) is 3.21. The van der Waals surface area contributed by atoms with E-state index >= 15 is 0 Å². The van der Waals surface area contributed by atoms with Crippen LogP contribution in [0.1, 0.15) is 57.4 Å². The van der Waals surface area contributed by atoms with E-state index in [0.29, 0.717) is 30.8 Å². The van der Waals surface area contributed by atoms with Gasteiger partial charge in [-0.05, 0) is 69.1 Å². The number of carbonyl (C=O) groups is 1. The zero-order valence-corrected chi connectivity index (χ0v) is 18.8. The number of rotatable bonds is 4. The number of ether oxygens (including phenoxy) is 1. The van der Waals surface area contributed by atoms with Crippen LogP contribution in [-0.4, -0.2) is 61.9 Å². The highest BCUT2D eigenvalue weighted by Gasteiger charge is 2.40. The Hall–Kier alpha value is -1.44. The first-order valence-corrected chi connectivity index (χ1v) is 12.9. The molecule has 3 aliphatic rings. The summed E-state index contributed by atoms with van der Waals surface area (Å²) in [6, 6.07) is 7.15. The molecule has 1 amide bonds. The molecule has 3 saturated heterocycles. The average molecular weight is 435 g/mol. The lowest BCUT2D eigenvalue weighted by atomic mass is 9.84. The first-order chi connectivity index (χ1) is 14.4. The smallest absolute Gasteiger partial charge is 0.243 e. The van der Waals surface area contributed by atoms with Crippen molar-refractivity contribution >= 4 is 15.9 Å². The number of sulfonamides is 1. The number of carbonyl (C=O) groups excluding carboxylic acids is 1. The molecular formula is C23H34N2O4S. The average Bonchev–Trinajstić information content (AvgIpc) is 2.80. The van der Waals surface area contributed by atoms with Gasteiger partial charge in [0, 0.05) is 38.7 Å². The number of piperidine rings is 2. The number of hydrogen-bond donors (Lipinski definition) is 0. The van der Waals surface area contributed by atoms with Crippen molar-refractivity contribution in [1.29, 1.82) is 0 Å². The Morgan fingerprint density at radius 1 is 1.03 bits per heavy atom. The van der Waals surface area contributed by atoms with Crippen LogP contribution in [-0.2, 0) is 26.0 Å². The topological polar surface area (TPSA) is 66.9 Å². The minimum Gasteiger partial charge on any atom is -0.375 e. The van der Waals surface area contributed by atoms with Crippen molar-refractivity contribution in [3.05, 3.63) is 29.8 Å². The summed E-state index contributed by atoms with van der Waals surface area (Å²) in [5, 5.41) is 0. The lowest BCUT2D eigenvalue weighted by molar-refractivity contribution is -0.147. The molecule has 0 aromatic heterocycles. The Morgan fingerprint density at radius 3 is 2.27 bits per heavy atom. The van der Waals surface area contributed by atoms with E-state index in [9.17, 15) is 13.2 Å². The van der Waals surface area contributed by atoms with Gasteiger partial charge in [-0.2, -0.15) is 4.31 Å². The van der Waals surface area contributed by atoms with Gasteiger partial charge in [-0.15, -0.1) is 0 Å². The molecule has 0 bridgehead atoms. The number of hydrogen-bond acceptors (Lipinski definition) is 4. The van der Waals surface area contributed by atoms with E-state index in [1.807, 2.05) is 17.0 Å². The van der Waals surface area contributed by atoms with E-state index in [2.05, 4.69) is 6.92 Å². The fourth-order valence-electron chi connectivity index (χ4n) is 5.09. The monoisotopic (exact) mass is 434 g/mol. The first-order valence-electron chi connectivity index (χ1n) is 11.5. The van der Waals surface area contributed by atoms with Gasteiger partial charge in [0.15, 0.2) is 0 Å². The molecule has 30 heavy (non-hydrogen) atoms. The summed E-state index contributed by atoms with van der Waals surface area (Å²) in [6.07, 6.45) is 7.44. The molecule has 1 aromatic carbocycles. The Labute approximate surface area is 180 Å². The highest BCUT2D eigenvalue weighted by molar-refractivity contribution is 7.89. The van der Waals surface area contributed by atoms with Gasteiger partial charge in [-0.25, -0.2) is 8.42 Å². The SMILES string of the molecule is CCc1ccc(S(=O)(=O)N2CCC(C(=O)N3CCC4(CCCCO4)CC3)CC2)cc1. The van der Waals surface area contributed by atoms with E-state index in [1.54, 1.807) is 16.4 Å². The fourth-order valence-corrected chi connectivity index (χ4v) is 6.56. The van der Waals surface area contributed by atoms with Crippen molar-refractivity contribution < 1.29 is 17.9 Å². The Bertz CT molecular complexity index is 828. The standard InChI is InChI=1S/C23H34N2O4S/c1-2-19-5-7-21(8-6-19)30(27,28)25-14-9-20(10-15-25)22(26)24-16-12-23(13-17-24)11-3-4-18-29-23/h5-8,20H,2-4,9-18H2,1H3. The molecule has 3 heterocycles. The molecule has 1 aromatic rings. The molecule has 0 radical (unpaired) electrons. The van der Waals surface area contributed by atoms with Crippen LogP contribution in [0.5, 0.6) is 0 Å². The van der Waals surface area contributed by atoms with Crippen molar-refractivity contribution in [1.82, 2.24) is 9.21 Å². The van der Waals surface area contributed by atoms with Crippen molar-refractivity contribution in [2.75, 3.05) is 32.8 Å². The van der Waals surface area contributed by atoms with Crippen molar-refractivity contribution in [2.24, 2.45) is 5.92 Å². The fraction of sp³-hybridized carbons (Fsp3) is 0.696. The molecule has 0 aliphatic carbocycles. The van der Waals surface area contributed by atoms with Crippen LogP contribution in [0.15, 0.2) is 29.2 Å². The predicted molar refractivity (Wildman–Crippen MR) is 116 cm³/mol. The van der Waals surface area contributed by atoms with Crippen molar-refractivity contribution in [2.45, 2.75) is 68.8 Å². The summed E-state index contributed by atoms with van der Waals surface area (Å²) >= 11 is 0. The van der Waals surface area contributed by atoms with E-state index < -0.39 is 10.0 Å². The molecule has 0 saturated carbocycles. The van der Waals surface area contributed by atoms with Crippen molar-refractivity contribution in [3.8, 4) is 0 Å². The van der Waals surface area contributed by atoms with Gasteiger partial charge in [-0.3, -0.25) is 4.79 Å². The third-order valence-electron chi connectivity index (χ3n) is 7.19. The van der Waals surface area contributed by atoms with Gasteiger partial charge < -0.3 is 9.64 Å². The van der Waals surface area contributed by atoms with Gasteiger partial charge in [0.1, 0.15) is 0 Å². The number of likely N-dealkylation sites (tertiary alicyclic amines) is 1. The molecule has 4 rings (SSSR count). The van der Waals surface area contributed by atoms with Crippen LogP contribution in [0, 0.1) is 5.92 Å². The van der Waals surface area contributed by atoms with Crippen LogP contribution in [0.2, 0.25) is 0 Å². The molecule has 0 N–H and O–H groups in total. The van der Waals surface area contributed by atoms with Crippen LogP contribution in [0.25, 0.3) is 0 Å². The van der Waals surface area contributed by atoms with E-state index in [4.69, 9.17) is 4.74 Å². The summed E-state index contributed by atoms with van der Waals surface area (Å²) in [5.41, 5.74) is 1.12. The van der Waals surface area contributed by atoms with Crippen LogP contribution < -0.4 is 0 Å². The summed E-state index contributed by atoms with van der Waals surface area (Å²) < 4.78 is 33.5. The maximum absolute atomic E-state index is 13.0. The number of aryl methyl sites for hydroxylation is 1. The molecule has 1 spiro atoms. The summed E-state index contributed by atoms with van der Waals surface area (Å²) in [4.78, 5) is 15.4. The summed E-state index contributed by atoms with van der Waals surface area (Å²) in [5.74, 6) is 0.130. The van der Waals surface area contributed by atoms with Crippen molar-refractivity contribution in [3.63, 3.8) is 0 Å². The minimum atomic E-state index is -3.49. The highest BCUT2D eigenvalue weighted by Crippen LogP contribution is 2.36. The van der Waals surface area contributed by atoms with E-state index in [0.717, 1.165) is 57.4 Å². The number of amides is 1. The number of nitrogens with zero attached hydrogens (tertiary/aromatic N) is 2.